The number of ether oxygens (including phenoxy) is 1. The maximum absolute atomic E-state index is 12.2. The number of thioether (sulfide) groups is 1. The van der Waals surface area contributed by atoms with Crippen molar-refractivity contribution in [3.63, 3.8) is 0 Å². The number of rotatable bonds is 3. The van der Waals surface area contributed by atoms with Crippen LogP contribution in [0, 0.1) is 6.92 Å². The van der Waals surface area contributed by atoms with Crippen LogP contribution in [0.5, 0.6) is 5.75 Å². The second-order valence-electron chi connectivity index (χ2n) is 5.78. The van der Waals surface area contributed by atoms with Crippen LogP contribution in [0.1, 0.15) is 11.1 Å². The number of phenols is 1. The summed E-state index contributed by atoms with van der Waals surface area (Å²) in [5.41, 5.74) is 1.94. The highest BCUT2D eigenvalue weighted by molar-refractivity contribution is 8.18. The number of aliphatic hydroxyl groups excluding tert-OH is 1. The van der Waals surface area contributed by atoms with E-state index < -0.39 is 5.97 Å². The van der Waals surface area contributed by atoms with E-state index in [2.05, 4.69) is 4.99 Å². The zero-order chi connectivity index (χ0) is 19.6. The van der Waals surface area contributed by atoms with Crippen molar-refractivity contribution in [2.24, 2.45) is 4.99 Å². The molecular formula is C20H16ClNO4S. The van der Waals surface area contributed by atoms with Gasteiger partial charge in [0.25, 0.3) is 0 Å². The molecule has 2 aromatic carbocycles. The van der Waals surface area contributed by atoms with Gasteiger partial charge >= 0.3 is 5.97 Å². The minimum absolute atomic E-state index is 0.0275. The number of hydrogen-bond donors (Lipinski definition) is 2. The summed E-state index contributed by atoms with van der Waals surface area (Å²) in [7, 11) is 1.23. The van der Waals surface area contributed by atoms with Gasteiger partial charge in [-0.25, -0.2) is 9.79 Å². The Bertz CT molecular complexity index is 1010. The number of methoxy groups -OCH3 is 1. The van der Waals surface area contributed by atoms with E-state index in [0.717, 1.165) is 17.3 Å². The molecule has 0 amide bonds. The normalized spacial score (nSPS) is 17.0. The van der Waals surface area contributed by atoms with Crippen molar-refractivity contribution >= 4 is 46.1 Å². The number of halogens is 1. The molecule has 0 aromatic heterocycles. The molecule has 1 heterocycles. The number of benzene rings is 2. The fourth-order valence-electron chi connectivity index (χ4n) is 2.47. The summed E-state index contributed by atoms with van der Waals surface area (Å²) in [6.45, 7) is 1.86. The van der Waals surface area contributed by atoms with E-state index >= 15 is 0 Å². The first-order valence-corrected chi connectivity index (χ1v) is 9.14. The van der Waals surface area contributed by atoms with Gasteiger partial charge in [0, 0.05) is 10.6 Å². The molecule has 0 atom stereocenters. The first-order chi connectivity index (χ1) is 12.9. The highest BCUT2D eigenvalue weighted by atomic mass is 35.5. The zero-order valence-corrected chi connectivity index (χ0v) is 16.1. The van der Waals surface area contributed by atoms with Crippen LogP contribution >= 0.6 is 23.4 Å². The molecule has 0 aliphatic carbocycles. The van der Waals surface area contributed by atoms with Gasteiger partial charge in [0.1, 0.15) is 22.1 Å². The molecule has 1 aliphatic heterocycles. The number of esters is 1. The Hall–Kier alpha value is -2.70. The van der Waals surface area contributed by atoms with Gasteiger partial charge in [0.15, 0.2) is 0 Å². The number of aryl methyl sites for hydroxylation is 1. The average molecular weight is 402 g/mol. The average Bonchev–Trinajstić information content (AvgIpc) is 2.92. The minimum Gasteiger partial charge on any atom is -0.507 e. The van der Waals surface area contributed by atoms with Crippen LogP contribution in [0.3, 0.4) is 0 Å². The molecule has 0 fully saturated rings. The number of carbonyl (C=O) groups is 1. The van der Waals surface area contributed by atoms with E-state index in [1.165, 1.54) is 7.11 Å². The van der Waals surface area contributed by atoms with Crippen molar-refractivity contribution in [3.8, 4) is 5.75 Å². The molecule has 2 N–H and O–H groups in total. The Labute approximate surface area is 165 Å². The van der Waals surface area contributed by atoms with Crippen LogP contribution < -0.4 is 0 Å². The number of aromatic hydroxyl groups is 1. The predicted molar refractivity (Wildman–Crippen MR) is 109 cm³/mol. The smallest absolute Gasteiger partial charge is 0.344 e. The Kier molecular flexibility index (Phi) is 5.58. The monoisotopic (exact) mass is 401 g/mol. The Balaban J connectivity index is 2.07. The molecule has 1 aliphatic rings. The molecule has 27 heavy (non-hydrogen) atoms. The molecule has 0 saturated heterocycles. The van der Waals surface area contributed by atoms with Gasteiger partial charge in [-0.15, -0.1) is 0 Å². The largest absolute Gasteiger partial charge is 0.507 e. The van der Waals surface area contributed by atoms with Crippen LogP contribution in [0.2, 0.25) is 5.02 Å². The van der Waals surface area contributed by atoms with Gasteiger partial charge in [0.2, 0.25) is 0 Å². The minimum atomic E-state index is -0.697. The molecule has 0 unspecified atom stereocenters. The third-order valence-electron chi connectivity index (χ3n) is 3.79. The summed E-state index contributed by atoms with van der Waals surface area (Å²) in [5.74, 6) is -0.861. The zero-order valence-electron chi connectivity index (χ0n) is 14.6. The van der Waals surface area contributed by atoms with E-state index in [-0.39, 0.29) is 17.1 Å². The first-order valence-electron chi connectivity index (χ1n) is 7.94. The predicted octanol–water partition coefficient (Wildman–Crippen LogP) is 5.16. The maximum Gasteiger partial charge on any atom is 0.344 e. The van der Waals surface area contributed by atoms with Crippen LogP contribution in [-0.2, 0) is 9.53 Å². The van der Waals surface area contributed by atoms with Gasteiger partial charge in [-0.2, -0.15) is 0 Å². The van der Waals surface area contributed by atoms with Crippen LogP contribution in [-0.4, -0.2) is 28.3 Å². The Morgan fingerprint density at radius 3 is 2.67 bits per heavy atom. The number of phenolic OH excluding ortho intramolecular Hbond substituents is 1. The summed E-state index contributed by atoms with van der Waals surface area (Å²) in [4.78, 5) is 17.0. The van der Waals surface area contributed by atoms with Crippen LogP contribution in [0.25, 0.3) is 6.08 Å². The van der Waals surface area contributed by atoms with E-state index in [9.17, 15) is 15.0 Å². The van der Waals surface area contributed by atoms with Gasteiger partial charge in [-0.3, -0.25) is 0 Å². The van der Waals surface area contributed by atoms with Crippen molar-refractivity contribution in [1.29, 1.82) is 0 Å². The fraction of sp³-hybridized carbons (Fsp3) is 0.100. The molecule has 0 saturated carbocycles. The molecule has 0 spiro atoms. The van der Waals surface area contributed by atoms with Gasteiger partial charge in [0.05, 0.1) is 17.7 Å². The second-order valence-corrected chi connectivity index (χ2v) is 7.25. The number of aliphatic hydroxyl groups is 1. The van der Waals surface area contributed by atoms with E-state index in [1.54, 1.807) is 42.5 Å². The number of hydrogen-bond acceptors (Lipinski definition) is 6. The van der Waals surface area contributed by atoms with Crippen LogP contribution in [0.15, 0.2) is 63.7 Å². The highest BCUT2D eigenvalue weighted by Crippen LogP contribution is 2.41. The maximum atomic E-state index is 12.2. The van der Waals surface area contributed by atoms with Crippen molar-refractivity contribution < 1.29 is 19.7 Å². The number of aliphatic imine (C=N–C) groups is 1. The molecular weight excluding hydrogens is 386 g/mol. The number of carbonyl (C=O) groups excluding carboxylic acids is 1. The highest BCUT2D eigenvalue weighted by Gasteiger charge is 2.33. The standard InChI is InChI=1S/C20H16ClNO4S/c1-11-6-7-12(15(23)8-11)9-16-18(24)17(20(25)26-2)19(27-16)22-14-5-3-4-13(21)10-14/h3-10,23-24H,1-2H3/b16-9+,22-19?. The number of nitrogens with zero attached hydrogens (tertiary/aromatic N) is 1. The fourth-order valence-corrected chi connectivity index (χ4v) is 3.68. The first kappa shape index (κ1) is 19.1. The lowest BCUT2D eigenvalue weighted by atomic mass is 10.1. The molecule has 0 radical (unpaired) electrons. The van der Waals surface area contributed by atoms with E-state index in [0.29, 0.717) is 26.2 Å². The summed E-state index contributed by atoms with van der Waals surface area (Å²) >= 11 is 7.09. The van der Waals surface area contributed by atoms with Gasteiger partial charge < -0.3 is 14.9 Å². The Morgan fingerprint density at radius 2 is 2.00 bits per heavy atom. The molecule has 7 heteroatoms. The van der Waals surface area contributed by atoms with Crippen molar-refractivity contribution in [1.82, 2.24) is 0 Å². The third kappa shape index (κ3) is 4.18. The second kappa shape index (κ2) is 7.90. The topological polar surface area (TPSA) is 79.1 Å². The summed E-state index contributed by atoms with van der Waals surface area (Å²) in [6, 6.07) is 12.0. The van der Waals surface area contributed by atoms with Crippen molar-refractivity contribution in [2.75, 3.05) is 7.11 Å². The molecule has 2 aromatic rings. The van der Waals surface area contributed by atoms with Crippen molar-refractivity contribution in [3.05, 3.63) is 74.9 Å². The van der Waals surface area contributed by atoms with E-state index in [4.69, 9.17) is 16.3 Å². The van der Waals surface area contributed by atoms with Gasteiger partial charge in [-0.1, -0.05) is 41.6 Å². The quantitative estimate of drug-likeness (QED) is 0.694. The lowest BCUT2D eigenvalue weighted by Gasteiger charge is -2.02. The summed E-state index contributed by atoms with van der Waals surface area (Å²) in [6.07, 6.45) is 1.60. The SMILES string of the molecule is COC(=O)C1=C(O)/C(=C\c2ccc(C)cc2O)SC1=Nc1cccc(Cl)c1. The summed E-state index contributed by atoms with van der Waals surface area (Å²) < 4.78 is 4.78. The summed E-state index contributed by atoms with van der Waals surface area (Å²) in [5, 5.41) is 21.5. The molecule has 0 bridgehead atoms. The third-order valence-corrected chi connectivity index (χ3v) is 5.05. The van der Waals surface area contributed by atoms with E-state index in [1.807, 2.05) is 13.0 Å². The van der Waals surface area contributed by atoms with Gasteiger partial charge in [-0.05, 0) is 42.8 Å². The van der Waals surface area contributed by atoms with Crippen molar-refractivity contribution in [2.45, 2.75) is 6.92 Å². The molecule has 3 rings (SSSR count). The molecule has 5 nitrogen and oxygen atoms in total. The lowest BCUT2D eigenvalue weighted by molar-refractivity contribution is -0.135. The lowest BCUT2D eigenvalue weighted by Crippen LogP contribution is -2.10. The molecule has 138 valence electrons. The van der Waals surface area contributed by atoms with Crippen LogP contribution in [0.4, 0.5) is 5.69 Å². The Morgan fingerprint density at radius 1 is 1.22 bits per heavy atom.